The van der Waals surface area contributed by atoms with Gasteiger partial charge in [0.05, 0.1) is 12.4 Å². The van der Waals surface area contributed by atoms with Gasteiger partial charge in [0.2, 0.25) is 5.91 Å². The van der Waals surface area contributed by atoms with Crippen molar-refractivity contribution in [3.05, 3.63) is 41.7 Å². The molecule has 1 heterocycles. The number of nitrogens with one attached hydrogen (secondary N) is 2. The van der Waals surface area contributed by atoms with Crippen LogP contribution in [0.1, 0.15) is 11.1 Å². The summed E-state index contributed by atoms with van der Waals surface area (Å²) in [5.74, 6) is -0.283. The van der Waals surface area contributed by atoms with E-state index in [4.69, 9.17) is 4.74 Å². The fraction of sp³-hybridized carbons (Fsp3) is 0.353. The highest BCUT2D eigenvalue weighted by Crippen LogP contribution is 2.22. The van der Waals surface area contributed by atoms with Crippen LogP contribution in [-0.4, -0.2) is 47.5 Å². The Kier molecular flexibility index (Phi) is 7.03. The summed E-state index contributed by atoms with van der Waals surface area (Å²) in [6, 6.07) is 5.69. The van der Waals surface area contributed by atoms with Crippen molar-refractivity contribution in [3.8, 4) is 5.69 Å². The zero-order chi connectivity index (χ0) is 18.2. The molecule has 2 aromatic rings. The number of carbonyl (C=O) groups is 2. The molecular formula is C17H22N4O3S. The van der Waals surface area contributed by atoms with Gasteiger partial charge in [-0.15, -0.1) is 0 Å². The van der Waals surface area contributed by atoms with Crippen LogP contribution in [0.5, 0.6) is 0 Å². The fourth-order valence-electron chi connectivity index (χ4n) is 2.29. The van der Waals surface area contributed by atoms with Crippen LogP contribution in [0.15, 0.2) is 35.7 Å². The van der Waals surface area contributed by atoms with Crippen LogP contribution in [0.2, 0.25) is 0 Å². The van der Waals surface area contributed by atoms with Gasteiger partial charge in [-0.2, -0.15) is 0 Å². The third-order valence-corrected chi connectivity index (χ3v) is 4.24. The lowest BCUT2D eigenvalue weighted by molar-refractivity contribution is -0.117. The van der Waals surface area contributed by atoms with E-state index in [1.54, 1.807) is 13.3 Å². The molecule has 0 aliphatic heterocycles. The molecule has 0 fully saturated rings. The number of rotatable bonds is 7. The van der Waals surface area contributed by atoms with Gasteiger partial charge in [-0.3, -0.25) is 14.7 Å². The molecule has 134 valence electrons. The molecule has 0 radical (unpaired) electrons. The first-order valence-electron chi connectivity index (χ1n) is 7.81. The summed E-state index contributed by atoms with van der Waals surface area (Å²) in [6.07, 6.45) is 3.54. The standard InChI is InChI=1S/C17H22N4O3S/c1-12-8-13(2)10-14(9-12)21-6-4-19-17(21)25-11-15(22)20-16(23)18-5-7-24-3/h4,6,8-10H,5,7,11H2,1-3H3,(H2,18,20,22,23). The lowest BCUT2D eigenvalue weighted by Gasteiger charge is -2.10. The van der Waals surface area contributed by atoms with Crippen LogP contribution in [0, 0.1) is 13.8 Å². The van der Waals surface area contributed by atoms with Gasteiger partial charge >= 0.3 is 6.03 Å². The van der Waals surface area contributed by atoms with Crippen LogP contribution in [0.4, 0.5) is 4.79 Å². The van der Waals surface area contributed by atoms with E-state index in [0.29, 0.717) is 18.3 Å². The van der Waals surface area contributed by atoms with Crippen molar-refractivity contribution in [3.63, 3.8) is 0 Å². The molecule has 25 heavy (non-hydrogen) atoms. The number of methoxy groups -OCH3 is 1. The molecule has 3 amide bonds. The van der Waals surface area contributed by atoms with E-state index in [1.165, 1.54) is 11.8 Å². The summed E-state index contributed by atoms with van der Waals surface area (Å²) in [5, 5.41) is 5.50. The molecule has 7 nitrogen and oxygen atoms in total. The SMILES string of the molecule is COCCNC(=O)NC(=O)CSc1nccn1-c1cc(C)cc(C)c1. The highest BCUT2D eigenvalue weighted by atomic mass is 32.2. The number of imidazole rings is 1. The molecule has 2 N–H and O–H groups in total. The van der Waals surface area contributed by atoms with Crippen molar-refractivity contribution in [1.82, 2.24) is 20.2 Å². The smallest absolute Gasteiger partial charge is 0.321 e. The monoisotopic (exact) mass is 362 g/mol. The first-order valence-corrected chi connectivity index (χ1v) is 8.79. The van der Waals surface area contributed by atoms with Gasteiger partial charge in [0.25, 0.3) is 0 Å². The maximum Gasteiger partial charge on any atom is 0.321 e. The number of nitrogens with zero attached hydrogens (tertiary/aromatic N) is 2. The maximum absolute atomic E-state index is 11.9. The highest BCUT2D eigenvalue weighted by molar-refractivity contribution is 7.99. The average molecular weight is 362 g/mol. The van der Waals surface area contributed by atoms with Gasteiger partial charge in [-0.05, 0) is 37.1 Å². The first-order chi connectivity index (χ1) is 12.0. The summed E-state index contributed by atoms with van der Waals surface area (Å²) in [4.78, 5) is 27.7. The molecule has 0 unspecified atom stereocenters. The van der Waals surface area contributed by atoms with E-state index in [-0.39, 0.29) is 11.7 Å². The minimum absolute atomic E-state index is 0.0967. The predicted octanol–water partition coefficient (Wildman–Crippen LogP) is 2.05. The molecule has 0 saturated carbocycles. The normalized spacial score (nSPS) is 10.5. The van der Waals surface area contributed by atoms with Crippen molar-refractivity contribution >= 4 is 23.7 Å². The lowest BCUT2D eigenvalue weighted by atomic mass is 10.1. The van der Waals surface area contributed by atoms with Crippen molar-refractivity contribution in [2.75, 3.05) is 26.0 Å². The Balaban J connectivity index is 1.93. The topological polar surface area (TPSA) is 85.2 Å². The van der Waals surface area contributed by atoms with Crippen LogP contribution in [0.25, 0.3) is 5.69 Å². The quantitative estimate of drug-likeness (QED) is 0.582. The van der Waals surface area contributed by atoms with E-state index in [1.807, 2.05) is 24.6 Å². The second-order valence-electron chi connectivity index (χ2n) is 5.51. The van der Waals surface area contributed by atoms with Crippen molar-refractivity contribution < 1.29 is 14.3 Å². The minimum Gasteiger partial charge on any atom is -0.383 e. The molecule has 1 aromatic heterocycles. The van der Waals surface area contributed by atoms with E-state index in [0.717, 1.165) is 16.8 Å². The number of amides is 3. The van der Waals surface area contributed by atoms with Gasteiger partial charge in [0.1, 0.15) is 0 Å². The fourth-order valence-corrected chi connectivity index (χ4v) is 3.06. The van der Waals surface area contributed by atoms with Crippen LogP contribution in [-0.2, 0) is 9.53 Å². The third-order valence-electron chi connectivity index (χ3n) is 3.27. The van der Waals surface area contributed by atoms with Crippen molar-refractivity contribution in [2.24, 2.45) is 0 Å². The Bertz CT molecular complexity index is 725. The molecule has 0 saturated heterocycles. The number of aromatic nitrogens is 2. The zero-order valence-electron chi connectivity index (χ0n) is 14.5. The highest BCUT2D eigenvalue weighted by Gasteiger charge is 2.11. The van der Waals surface area contributed by atoms with Crippen molar-refractivity contribution in [2.45, 2.75) is 19.0 Å². The Morgan fingerprint density at radius 1 is 1.24 bits per heavy atom. The zero-order valence-corrected chi connectivity index (χ0v) is 15.4. The second kappa shape index (κ2) is 9.24. The summed E-state index contributed by atoms with van der Waals surface area (Å²) in [5.41, 5.74) is 3.31. The summed E-state index contributed by atoms with van der Waals surface area (Å²) < 4.78 is 6.75. The molecule has 2 rings (SSSR count). The lowest BCUT2D eigenvalue weighted by Crippen LogP contribution is -2.41. The molecule has 0 aliphatic carbocycles. The summed E-state index contributed by atoms with van der Waals surface area (Å²) in [7, 11) is 1.54. The summed E-state index contributed by atoms with van der Waals surface area (Å²) in [6.45, 7) is 4.81. The number of thioether (sulfide) groups is 1. The van der Waals surface area contributed by atoms with Gasteiger partial charge in [-0.1, -0.05) is 17.8 Å². The molecule has 0 bridgehead atoms. The van der Waals surface area contributed by atoms with E-state index in [2.05, 4.69) is 33.8 Å². The number of ether oxygens (including phenoxy) is 1. The number of hydrogen-bond donors (Lipinski definition) is 2. The van der Waals surface area contributed by atoms with E-state index < -0.39 is 6.03 Å². The average Bonchev–Trinajstić information content (AvgIpc) is 3.01. The Morgan fingerprint density at radius 3 is 2.64 bits per heavy atom. The Hall–Kier alpha value is -2.32. The third kappa shape index (κ3) is 5.91. The number of aryl methyl sites for hydroxylation is 2. The Labute approximate surface area is 151 Å². The van der Waals surface area contributed by atoms with Gasteiger partial charge in [0.15, 0.2) is 5.16 Å². The molecule has 0 atom stereocenters. The van der Waals surface area contributed by atoms with Crippen LogP contribution in [0.3, 0.4) is 0 Å². The van der Waals surface area contributed by atoms with Crippen LogP contribution < -0.4 is 10.6 Å². The van der Waals surface area contributed by atoms with Crippen molar-refractivity contribution in [1.29, 1.82) is 0 Å². The molecule has 0 aliphatic rings. The number of imide groups is 1. The molecule has 8 heteroatoms. The van der Waals surface area contributed by atoms with E-state index >= 15 is 0 Å². The number of carbonyl (C=O) groups excluding carboxylic acids is 2. The minimum atomic E-state index is -0.527. The molecular weight excluding hydrogens is 340 g/mol. The first kappa shape index (κ1) is 19.0. The maximum atomic E-state index is 11.9. The van der Waals surface area contributed by atoms with Gasteiger partial charge < -0.3 is 10.1 Å². The van der Waals surface area contributed by atoms with Gasteiger partial charge in [0, 0.05) is 31.7 Å². The molecule has 0 spiro atoms. The predicted molar refractivity (Wildman–Crippen MR) is 97.2 cm³/mol. The largest absolute Gasteiger partial charge is 0.383 e. The number of benzene rings is 1. The van der Waals surface area contributed by atoms with E-state index in [9.17, 15) is 9.59 Å². The second-order valence-corrected chi connectivity index (χ2v) is 6.45. The summed E-state index contributed by atoms with van der Waals surface area (Å²) >= 11 is 1.27. The van der Waals surface area contributed by atoms with Gasteiger partial charge in [-0.25, -0.2) is 9.78 Å². The molecule has 1 aromatic carbocycles. The Morgan fingerprint density at radius 2 is 1.96 bits per heavy atom. The number of hydrogen-bond acceptors (Lipinski definition) is 5. The number of urea groups is 1. The van der Waals surface area contributed by atoms with Crippen LogP contribution >= 0.6 is 11.8 Å².